The zero-order chi connectivity index (χ0) is 18.4. The van der Waals surface area contributed by atoms with E-state index in [9.17, 15) is 22.0 Å². The number of alkyl halides is 2. The van der Waals surface area contributed by atoms with Crippen LogP contribution in [0.4, 0.5) is 14.5 Å². The summed E-state index contributed by atoms with van der Waals surface area (Å²) in [7, 11) is -4.70. The van der Waals surface area contributed by atoms with Crippen molar-refractivity contribution in [2.75, 3.05) is 18.4 Å². The van der Waals surface area contributed by atoms with Crippen molar-refractivity contribution in [3.05, 3.63) is 58.6 Å². The van der Waals surface area contributed by atoms with Crippen molar-refractivity contribution in [1.29, 1.82) is 0 Å². The second-order valence-corrected chi connectivity index (χ2v) is 7.79. The SMILES string of the molecule is O=C(NCCNc1ccccc1S(=O)(=O)C(F)F)c1ccc(Br)cc1. The molecule has 2 aromatic rings. The van der Waals surface area contributed by atoms with E-state index in [1.165, 1.54) is 18.2 Å². The minimum absolute atomic E-state index is 0.0701. The Bertz CT molecular complexity index is 843. The largest absolute Gasteiger partial charge is 0.382 e. The van der Waals surface area contributed by atoms with Gasteiger partial charge < -0.3 is 10.6 Å². The van der Waals surface area contributed by atoms with E-state index in [0.29, 0.717) is 5.56 Å². The second-order valence-electron chi connectivity index (χ2n) is 4.99. The predicted octanol–water partition coefficient (Wildman–Crippen LogP) is 3.29. The Labute approximate surface area is 152 Å². The van der Waals surface area contributed by atoms with Gasteiger partial charge in [-0.3, -0.25) is 4.79 Å². The molecule has 0 spiro atoms. The minimum atomic E-state index is -4.70. The standard InChI is InChI=1S/C16H15BrF2N2O3S/c17-12-7-5-11(6-8-12)15(22)21-10-9-20-13-3-1-2-4-14(13)25(23,24)16(18)19/h1-8,16,20H,9-10H2,(H,21,22). The van der Waals surface area contributed by atoms with Crippen LogP contribution in [0.15, 0.2) is 57.9 Å². The maximum Gasteiger partial charge on any atom is 0.341 e. The predicted molar refractivity (Wildman–Crippen MR) is 94.6 cm³/mol. The fourth-order valence-electron chi connectivity index (χ4n) is 2.03. The first-order valence-electron chi connectivity index (χ1n) is 7.21. The molecule has 2 aromatic carbocycles. The summed E-state index contributed by atoms with van der Waals surface area (Å²) in [5.41, 5.74) is 0.546. The normalized spacial score (nSPS) is 11.4. The van der Waals surface area contributed by atoms with Gasteiger partial charge in [0.2, 0.25) is 9.84 Å². The summed E-state index contributed by atoms with van der Waals surface area (Å²) in [5, 5.41) is 5.41. The maximum absolute atomic E-state index is 12.7. The Balaban J connectivity index is 1.95. The van der Waals surface area contributed by atoms with E-state index in [4.69, 9.17) is 0 Å². The van der Waals surface area contributed by atoms with Crippen LogP contribution >= 0.6 is 15.9 Å². The van der Waals surface area contributed by atoms with Gasteiger partial charge >= 0.3 is 5.76 Å². The highest BCUT2D eigenvalue weighted by atomic mass is 79.9. The molecule has 0 aliphatic heterocycles. The number of benzene rings is 2. The number of amides is 1. The molecule has 0 saturated heterocycles. The molecule has 0 aliphatic rings. The summed E-state index contributed by atoms with van der Waals surface area (Å²) in [6.07, 6.45) is 0. The number of nitrogens with one attached hydrogen (secondary N) is 2. The van der Waals surface area contributed by atoms with Gasteiger partial charge in [-0.2, -0.15) is 8.78 Å². The number of para-hydroxylation sites is 1. The fourth-order valence-corrected chi connectivity index (χ4v) is 3.20. The van der Waals surface area contributed by atoms with Gasteiger partial charge in [0.25, 0.3) is 5.91 Å². The molecule has 134 valence electrons. The number of halogens is 3. The number of carbonyl (C=O) groups excluding carboxylic acids is 1. The summed E-state index contributed by atoms with van der Waals surface area (Å²) in [4.78, 5) is 11.5. The van der Waals surface area contributed by atoms with Crippen LogP contribution in [-0.4, -0.2) is 33.2 Å². The summed E-state index contributed by atoms with van der Waals surface area (Å²) >= 11 is 3.27. The number of sulfone groups is 1. The lowest BCUT2D eigenvalue weighted by atomic mass is 10.2. The van der Waals surface area contributed by atoms with Crippen molar-refractivity contribution in [3.63, 3.8) is 0 Å². The van der Waals surface area contributed by atoms with E-state index in [-0.39, 0.29) is 24.7 Å². The lowest BCUT2D eigenvalue weighted by Crippen LogP contribution is -2.29. The van der Waals surface area contributed by atoms with Crippen LogP contribution in [0.1, 0.15) is 10.4 Å². The van der Waals surface area contributed by atoms with E-state index in [2.05, 4.69) is 26.6 Å². The van der Waals surface area contributed by atoms with Crippen molar-refractivity contribution in [2.24, 2.45) is 0 Å². The van der Waals surface area contributed by atoms with E-state index in [1.54, 1.807) is 24.3 Å². The van der Waals surface area contributed by atoms with Gasteiger partial charge in [-0.25, -0.2) is 8.42 Å². The van der Waals surface area contributed by atoms with Crippen molar-refractivity contribution < 1.29 is 22.0 Å². The first-order chi connectivity index (χ1) is 11.8. The molecule has 2 rings (SSSR count). The van der Waals surface area contributed by atoms with Crippen LogP contribution in [0, 0.1) is 0 Å². The van der Waals surface area contributed by atoms with E-state index in [0.717, 1.165) is 10.5 Å². The first kappa shape index (κ1) is 19.3. The fraction of sp³-hybridized carbons (Fsp3) is 0.188. The summed E-state index contributed by atoms with van der Waals surface area (Å²) < 4.78 is 49.6. The van der Waals surface area contributed by atoms with Crippen molar-refractivity contribution in [1.82, 2.24) is 5.32 Å². The van der Waals surface area contributed by atoms with Crippen LogP contribution < -0.4 is 10.6 Å². The third kappa shape index (κ3) is 4.99. The lowest BCUT2D eigenvalue weighted by Gasteiger charge is -2.12. The molecular formula is C16H15BrF2N2O3S. The lowest BCUT2D eigenvalue weighted by molar-refractivity contribution is 0.0955. The van der Waals surface area contributed by atoms with Crippen molar-refractivity contribution >= 4 is 37.4 Å². The zero-order valence-electron chi connectivity index (χ0n) is 12.9. The first-order valence-corrected chi connectivity index (χ1v) is 9.55. The van der Waals surface area contributed by atoms with Crippen LogP contribution in [0.3, 0.4) is 0 Å². The highest BCUT2D eigenvalue weighted by Gasteiger charge is 2.28. The van der Waals surface area contributed by atoms with E-state index >= 15 is 0 Å². The highest BCUT2D eigenvalue weighted by molar-refractivity contribution is 9.10. The second kappa shape index (κ2) is 8.39. The van der Waals surface area contributed by atoms with Gasteiger partial charge in [-0.15, -0.1) is 0 Å². The molecule has 1 amide bonds. The molecule has 0 fully saturated rings. The van der Waals surface area contributed by atoms with Crippen LogP contribution in [0.2, 0.25) is 0 Å². The molecule has 9 heteroatoms. The minimum Gasteiger partial charge on any atom is -0.382 e. The number of carbonyl (C=O) groups is 1. The van der Waals surface area contributed by atoms with Crippen LogP contribution in [0.25, 0.3) is 0 Å². The quantitative estimate of drug-likeness (QED) is 0.658. The van der Waals surface area contributed by atoms with Gasteiger partial charge in [-0.1, -0.05) is 28.1 Å². The summed E-state index contributed by atoms with van der Waals surface area (Å²) in [6.45, 7) is 0.371. The molecular weight excluding hydrogens is 418 g/mol. The molecule has 0 bridgehead atoms. The third-order valence-electron chi connectivity index (χ3n) is 3.26. The Morgan fingerprint density at radius 1 is 1.04 bits per heavy atom. The number of hydrogen-bond acceptors (Lipinski definition) is 4. The highest BCUT2D eigenvalue weighted by Crippen LogP contribution is 2.25. The Morgan fingerprint density at radius 3 is 2.32 bits per heavy atom. The Hall–Kier alpha value is -2.00. The average Bonchev–Trinajstić information content (AvgIpc) is 2.59. The van der Waals surface area contributed by atoms with E-state index in [1.807, 2.05) is 0 Å². The van der Waals surface area contributed by atoms with Gasteiger partial charge in [0.05, 0.1) is 10.6 Å². The Kier molecular flexibility index (Phi) is 6.49. The number of hydrogen-bond donors (Lipinski definition) is 2. The summed E-state index contributed by atoms with van der Waals surface area (Å²) in [6, 6.07) is 12.2. The molecule has 25 heavy (non-hydrogen) atoms. The molecule has 0 unspecified atom stereocenters. The molecule has 0 atom stereocenters. The van der Waals surface area contributed by atoms with Gasteiger partial charge in [-0.05, 0) is 36.4 Å². The molecule has 5 nitrogen and oxygen atoms in total. The summed E-state index contributed by atoms with van der Waals surface area (Å²) in [5.74, 6) is -3.78. The molecule has 0 aromatic heterocycles. The molecule has 0 saturated carbocycles. The zero-order valence-corrected chi connectivity index (χ0v) is 15.3. The number of anilines is 1. The number of rotatable bonds is 7. The average molecular weight is 433 g/mol. The van der Waals surface area contributed by atoms with Gasteiger partial charge in [0, 0.05) is 23.1 Å². The van der Waals surface area contributed by atoms with Gasteiger partial charge in [0.1, 0.15) is 0 Å². The van der Waals surface area contributed by atoms with Crippen LogP contribution in [-0.2, 0) is 9.84 Å². The molecule has 0 aliphatic carbocycles. The van der Waals surface area contributed by atoms with Gasteiger partial charge in [0.15, 0.2) is 0 Å². The van der Waals surface area contributed by atoms with Crippen molar-refractivity contribution in [2.45, 2.75) is 10.7 Å². The van der Waals surface area contributed by atoms with E-state index < -0.39 is 20.5 Å². The smallest absolute Gasteiger partial charge is 0.341 e. The topological polar surface area (TPSA) is 75.3 Å². The third-order valence-corrected chi connectivity index (χ3v) is 5.23. The van der Waals surface area contributed by atoms with Crippen molar-refractivity contribution in [3.8, 4) is 0 Å². The molecule has 2 N–H and O–H groups in total. The Morgan fingerprint density at radius 2 is 1.68 bits per heavy atom. The monoisotopic (exact) mass is 432 g/mol. The molecule has 0 heterocycles. The van der Waals surface area contributed by atoms with Crippen LogP contribution in [0.5, 0.6) is 0 Å². The maximum atomic E-state index is 12.7. The molecule has 0 radical (unpaired) electrons.